The molecule has 234 valence electrons. The van der Waals surface area contributed by atoms with Crippen molar-refractivity contribution in [2.45, 2.75) is 57.6 Å². The number of ether oxygens (including phenoxy) is 2. The van der Waals surface area contributed by atoms with Crippen LogP contribution in [0.1, 0.15) is 46.1 Å². The number of benzene rings is 2. The van der Waals surface area contributed by atoms with Gasteiger partial charge in [0.05, 0.1) is 24.7 Å². The summed E-state index contributed by atoms with van der Waals surface area (Å²) in [6, 6.07) is 16.2. The lowest BCUT2D eigenvalue weighted by Crippen LogP contribution is -2.44. The van der Waals surface area contributed by atoms with Crippen LogP contribution < -0.4 is 4.74 Å². The number of rotatable bonds is 13. The summed E-state index contributed by atoms with van der Waals surface area (Å²) in [6.07, 6.45) is 1.67. The summed E-state index contributed by atoms with van der Waals surface area (Å²) >= 11 is 0. The number of sulfonamides is 1. The fourth-order valence-electron chi connectivity index (χ4n) is 5.95. The molecule has 2 aromatic carbocycles. The van der Waals surface area contributed by atoms with E-state index in [2.05, 4.69) is 47.8 Å². The number of aromatic nitrogens is 1. The molecule has 0 saturated carbocycles. The van der Waals surface area contributed by atoms with E-state index in [1.165, 1.54) is 15.6 Å². The van der Waals surface area contributed by atoms with Crippen LogP contribution in [0.2, 0.25) is 0 Å². The average Bonchev–Trinajstić information content (AvgIpc) is 3.38. The molecule has 9 nitrogen and oxygen atoms in total. The molecule has 1 amide bonds. The molecular formula is C33H46N4O5S. The summed E-state index contributed by atoms with van der Waals surface area (Å²) in [5, 5.41) is 0. The predicted octanol–water partition coefficient (Wildman–Crippen LogP) is 4.34. The number of methoxy groups -OCH3 is 1. The van der Waals surface area contributed by atoms with Gasteiger partial charge in [-0.15, -0.1) is 0 Å². The predicted molar refractivity (Wildman–Crippen MR) is 169 cm³/mol. The second-order valence-electron chi connectivity index (χ2n) is 11.6. The van der Waals surface area contributed by atoms with Crippen molar-refractivity contribution in [1.82, 2.24) is 18.7 Å². The van der Waals surface area contributed by atoms with Crippen molar-refractivity contribution in [3.63, 3.8) is 0 Å². The average molecular weight is 611 g/mol. The number of hydrogen-bond donors (Lipinski definition) is 0. The highest BCUT2D eigenvalue weighted by molar-refractivity contribution is 7.89. The van der Waals surface area contributed by atoms with Gasteiger partial charge >= 0.3 is 0 Å². The maximum Gasteiger partial charge on any atom is 0.249 e. The van der Waals surface area contributed by atoms with Crippen molar-refractivity contribution in [2.24, 2.45) is 0 Å². The Kier molecular flexibility index (Phi) is 10.7. The number of hydrogen-bond acceptors (Lipinski definition) is 6. The SMILES string of the molecule is COc1c(C)cc(S(=O)(=O)N(C)CCOCC(=O)N2CCn3c(CN(C)C)ccc3C2CCc2ccccc2)c(C)c1C. The third kappa shape index (κ3) is 7.32. The van der Waals surface area contributed by atoms with Gasteiger partial charge in [-0.3, -0.25) is 4.79 Å². The van der Waals surface area contributed by atoms with Gasteiger partial charge in [-0.05, 0) is 88.2 Å². The van der Waals surface area contributed by atoms with Gasteiger partial charge in [0.1, 0.15) is 12.4 Å². The van der Waals surface area contributed by atoms with Crippen LogP contribution in [-0.4, -0.2) is 87.6 Å². The van der Waals surface area contributed by atoms with E-state index in [0.717, 1.165) is 42.8 Å². The Hall–Kier alpha value is -3.18. The first kappa shape index (κ1) is 32.7. The van der Waals surface area contributed by atoms with Crippen LogP contribution in [0, 0.1) is 20.8 Å². The maximum atomic E-state index is 13.5. The summed E-state index contributed by atoms with van der Waals surface area (Å²) < 4.78 is 41.7. The topological polar surface area (TPSA) is 84.3 Å². The number of aryl methyl sites for hydroxylation is 2. The van der Waals surface area contributed by atoms with Crippen molar-refractivity contribution < 1.29 is 22.7 Å². The standard InChI is InChI=1S/C33H46N4O5S/c1-24-21-31(25(2)26(3)33(24)41-7)43(39,40)35(6)19-20-42-23-32(38)37-18-17-36-28(22-34(4)5)14-16-29(36)30(37)15-13-27-11-9-8-10-12-27/h8-12,14,16,21,30H,13,15,17-20,22-23H2,1-7H3. The lowest BCUT2D eigenvalue weighted by molar-refractivity contribution is -0.140. The number of amides is 1. The molecule has 1 aliphatic rings. The van der Waals surface area contributed by atoms with Crippen LogP contribution in [0.4, 0.5) is 0 Å². The molecule has 1 aromatic heterocycles. The molecule has 0 saturated heterocycles. The van der Waals surface area contributed by atoms with Crippen molar-refractivity contribution in [3.8, 4) is 5.75 Å². The molecule has 1 aliphatic heterocycles. The summed E-state index contributed by atoms with van der Waals surface area (Å²) in [7, 11) is 3.50. The highest BCUT2D eigenvalue weighted by Gasteiger charge is 2.32. The molecule has 43 heavy (non-hydrogen) atoms. The van der Waals surface area contributed by atoms with Gasteiger partial charge in [0, 0.05) is 44.6 Å². The van der Waals surface area contributed by atoms with Crippen molar-refractivity contribution in [3.05, 3.63) is 82.2 Å². The fraction of sp³-hybridized carbons (Fsp3) is 0.485. The third-order valence-corrected chi connectivity index (χ3v) is 10.4. The van der Waals surface area contributed by atoms with Gasteiger partial charge in [-0.25, -0.2) is 8.42 Å². The first-order valence-corrected chi connectivity index (χ1v) is 16.2. The largest absolute Gasteiger partial charge is 0.496 e. The monoisotopic (exact) mass is 610 g/mol. The molecule has 0 fully saturated rings. The van der Waals surface area contributed by atoms with E-state index in [0.29, 0.717) is 17.9 Å². The van der Waals surface area contributed by atoms with Gasteiger partial charge in [-0.1, -0.05) is 30.3 Å². The normalized spacial score (nSPS) is 15.3. The molecule has 1 unspecified atom stereocenters. The van der Waals surface area contributed by atoms with Gasteiger partial charge in [0.15, 0.2) is 0 Å². The molecule has 0 aliphatic carbocycles. The first-order chi connectivity index (χ1) is 20.4. The Balaban J connectivity index is 1.40. The molecule has 0 spiro atoms. The Morgan fingerprint density at radius 2 is 1.72 bits per heavy atom. The second-order valence-corrected chi connectivity index (χ2v) is 13.6. The molecule has 10 heteroatoms. The molecule has 2 heterocycles. The molecule has 1 atom stereocenters. The van der Waals surface area contributed by atoms with E-state index in [9.17, 15) is 13.2 Å². The van der Waals surface area contributed by atoms with E-state index in [1.54, 1.807) is 27.1 Å². The minimum absolute atomic E-state index is 0.0615. The summed E-state index contributed by atoms with van der Waals surface area (Å²) in [4.78, 5) is 17.8. The number of likely N-dealkylation sites (N-methyl/N-ethyl adjacent to an activating group) is 1. The van der Waals surface area contributed by atoms with Gasteiger partial charge in [-0.2, -0.15) is 4.31 Å². The van der Waals surface area contributed by atoms with E-state index in [1.807, 2.05) is 36.9 Å². The smallest absolute Gasteiger partial charge is 0.249 e. The molecule has 4 rings (SSSR count). The second kappa shape index (κ2) is 14.1. The fourth-order valence-corrected chi connectivity index (χ4v) is 7.47. The first-order valence-electron chi connectivity index (χ1n) is 14.8. The van der Waals surface area contributed by atoms with Gasteiger partial charge < -0.3 is 23.8 Å². The van der Waals surface area contributed by atoms with Crippen LogP contribution in [0.15, 0.2) is 53.4 Å². The van der Waals surface area contributed by atoms with Crippen LogP contribution in [-0.2, 0) is 39.1 Å². The van der Waals surface area contributed by atoms with Crippen molar-refractivity contribution in [1.29, 1.82) is 0 Å². The quantitative estimate of drug-likeness (QED) is 0.268. The van der Waals surface area contributed by atoms with Crippen molar-refractivity contribution >= 4 is 15.9 Å². The molecule has 3 aromatic rings. The zero-order valence-corrected chi connectivity index (χ0v) is 27.4. The number of carbonyl (C=O) groups excluding carboxylic acids is 1. The number of fused-ring (bicyclic) bond motifs is 1. The summed E-state index contributed by atoms with van der Waals surface area (Å²) in [6.45, 7) is 7.82. The zero-order valence-electron chi connectivity index (χ0n) is 26.6. The molecular weight excluding hydrogens is 564 g/mol. The molecule has 0 bridgehead atoms. The Bertz CT molecular complexity index is 1520. The highest BCUT2D eigenvalue weighted by Crippen LogP contribution is 2.33. The van der Waals surface area contributed by atoms with E-state index < -0.39 is 10.0 Å². The van der Waals surface area contributed by atoms with E-state index >= 15 is 0 Å². The van der Waals surface area contributed by atoms with Crippen LogP contribution in [0.3, 0.4) is 0 Å². The van der Waals surface area contributed by atoms with Gasteiger partial charge in [0.25, 0.3) is 0 Å². The Morgan fingerprint density at radius 3 is 2.40 bits per heavy atom. The van der Waals surface area contributed by atoms with Crippen LogP contribution >= 0.6 is 0 Å². The Labute approximate surface area is 257 Å². The van der Waals surface area contributed by atoms with E-state index in [-0.39, 0.29) is 36.6 Å². The third-order valence-electron chi connectivity index (χ3n) is 8.38. The Morgan fingerprint density at radius 1 is 1.00 bits per heavy atom. The molecule has 0 N–H and O–H groups in total. The minimum atomic E-state index is -3.75. The summed E-state index contributed by atoms with van der Waals surface area (Å²) in [5.41, 5.74) is 5.87. The van der Waals surface area contributed by atoms with Crippen LogP contribution in [0.25, 0.3) is 0 Å². The highest BCUT2D eigenvalue weighted by atomic mass is 32.2. The number of nitrogens with zero attached hydrogens (tertiary/aromatic N) is 4. The number of carbonyl (C=O) groups is 1. The van der Waals surface area contributed by atoms with Crippen LogP contribution in [0.5, 0.6) is 5.75 Å². The zero-order chi connectivity index (χ0) is 31.3. The summed E-state index contributed by atoms with van der Waals surface area (Å²) in [5.74, 6) is 0.615. The maximum absolute atomic E-state index is 13.5. The lowest BCUT2D eigenvalue weighted by atomic mass is 10.00. The lowest BCUT2D eigenvalue weighted by Gasteiger charge is -2.38. The van der Waals surface area contributed by atoms with Crippen molar-refractivity contribution in [2.75, 3.05) is 54.6 Å². The van der Waals surface area contributed by atoms with Gasteiger partial charge in [0.2, 0.25) is 15.9 Å². The molecule has 0 radical (unpaired) electrons. The van der Waals surface area contributed by atoms with E-state index in [4.69, 9.17) is 9.47 Å². The minimum Gasteiger partial charge on any atom is -0.496 e.